The van der Waals surface area contributed by atoms with Gasteiger partial charge in [0.2, 0.25) is 15.9 Å². The summed E-state index contributed by atoms with van der Waals surface area (Å²) in [5.41, 5.74) is 0. The summed E-state index contributed by atoms with van der Waals surface area (Å²) < 4.78 is 31.6. The number of likely N-dealkylation sites (tertiary alicyclic amines) is 1. The van der Waals surface area contributed by atoms with E-state index < -0.39 is 10.0 Å². The van der Waals surface area contributed by atoms with Gasteiger partial charge in [0.25, 0.3) is 0 Å². The lowest BCUT2D eigenvalue weighted by molar-refractivity contribution is -0.122. The van der Waals surface area contributed by atoms with Crippen LogP contribution in [0.25, 0.3) is 0 Å². The van der Waals surface area contributed by atoms with Crippen molar-refractivity contribution < 1.29 is 17.9 Å². The van der Waals surface area contributed by atoms with E-state index in [2.05, 4.69) is 10.2 Å². The molecule has 1 aliphatic rings. The molecule has 0 bridgehead atoms. The molecule has 1 fully saturated rings. The van der Waals surface area contributed by atoms with Gasteiger partial charge in [0.1, 0.15) is 10.6 Å². The van der Waals surface area contributed by atoms with Gasteiger partial charge >= 0.3 is 0 Å². The van der Waals surface area contributed by atoms with Crippen LogP contribution in [-0.2, 0) is 14.8 Å². The molecule has 140 valence electrons. The molecule has 1 aromatic rings. The minimum atomic E-state index is -3.89. The van der Waals surface area contributed by atoms with Gasteiger partial charge in [-0.25, -0.2) is 8.42 Å². The molecule has 2 rings (SSSR count). The Morgan fingerprint density at radius 3 is 2.64 bits per heavy atom. The number of nitrogens with one attached hydrogen (secondary N) is 1. The molecule has 0 unspecified atom stereocenters. The van der Waals surface area contributed by atoms with E-state index in [-0.39, 0.29) is 34.2 Å². The fourth-order valence-corrected chi connectivity index (χ4v) is 4.27. The molecular formula is C16H24ClN3O4S. The third-order valence-electron chi connectivity index (χ3n) is 4.26. The first kappa shape index (κ1) is 20.0. The van der Waals surface area contributed by atoms with Crippen LogP contribution in [0.1, 0.15) is 12.8 Å². The maximum Gasteiger partial charge on any atom is 0.247 e. The summed E-state index contributed by atoms with van der Waals surface area (Å²) in [7, 11) is 0.893. The van der Waals surface area contributed by atoms with Gasteiger partial charge in [0.05, 0.1) is 13.7 Å². The van der Waals surface area contributed by atoms with Gasteiger partial charge in [0.15, 0.2) is 0 Å². The molecular weight excluding hydrogens is 366 g/mol. The Hall–Kier alpha value is -1.35. The number of carbonyl (C=O) groups excluding carboxylic acids is 1. The van der Waals surface area contributed by atoms with Crippen LogP contribution < -0.4 is 10.1 Å². The number of methoxy groups -OCH3 is 1. The minimum absolute atomic E-state index is 0.0582. The quantitative estimate of drug-likeness (QED) is 0.790. The zero-order chi connectivity index (χ0) is 18.6. The Morgan fingerprint density at radius 1 is 1.40 bits per heavy atom. The SMILES string of the molecule is COc1ccc(Cl)cc1S(=O)(=O)N(C)CC(=O)NC1CCN(C)CC1. The van der Waals surface area contributed by atoms with Gasteiger partial charge in [-0.1, -0.05) is 11.6 Å². The normalized spacial score (nSPS) is 16.8. The Bertz CT molecular complexity index is 718. The monoisotopic (exact) mass is 389 g/mol. The molecule has 1 aliphatic heterocycles. The predicted molar refractivity (Wildman–Crippen MR) is 96.5 cm³/mol. The van der Waals surface area contributed by atoms with Crippen LogP contribution in [0.5, 0.6) is 5.75 Å². The Balaban J connectivity index is 2.05. The van der Waals surface area contributed by atoms with Crippen molar-refractivity contribution in [1.82, 2.24) is 14.5 Å². The smallest absolute Gasteiger partial charge is 0.247 e. The molecule has 0 aliphatic carbocycles. The van der Waals surface area contributed by atoms with Gasteiger partial charge in [-0.15, -0.1) is 0 Å². The third kappa shape index (κ3) is 5.07. The summed E-state index contributed by atoms with van der Waals surface area (Å²) >= 11 is 5.91. The highest BCUT2D eigenvalue weighted by Gasteiger charge is 2.28. The molecule has 7 nitrogen and oxygen atoms in total. The molecule has 1 N–H and O–H groups in total. The van der Waals surface area contributed by atoms with E-state index in [0.717, 1.165) is 30.2 Å². The lowest BCUT2D eigenvalue weighted by Crippen LogP contribution is -2.47. The molecule has 25 heavy (non-hydrogen) atoms. The number of hydrogen-bond donors (Lipinski definition) is 1. The molecule has 0 aromatic heterocycles. The molecule has 0 saturated carbocycles. The van der Waals surface area contributed by atoms with E-state index in [4.69, 9.17) is 16.3 Å². The second-order valence-corrected chi connectivity index (χ2v) is 8.65. The first-order chi connectivity index (χ1) is 11.7. The van der Waals surface area contributed by atoms with Crippen molar-refractivity contribution in [3.63, 3.8) is 0 Å². The molecule has 1 aromatic carbocycles. The van der Waals surface area contributed by atoms with Crippen LogP contribution in [0.15, 0.2) is 23.1 Å². The number of amides is 1. The van der Waals surface area contributed by atoms with E-state index in [9.17, 15) is 13.2 Å². The highest BCUT2D eigenvalue weighted by Crippen LogP contribution is 2.29. The van der Waals surface area contributed by atoms with Crippen molar-refractivity contribution in [2.24, 2.45) is 0 Å². The largest absolute Gasteiger partial charge is 0.495 e. The number of sulfonamides is 1. The van der Waals surface area contributed by atoms with Crippen molar-refractivity contribution in [2.45, 2.75) is 23.8 Å². The summed E-state index contributed by atoms with van der Waals surface area (Å²) in [5, 5.41) is 3.19. The highest BCUT2D eigenvalue weighted by molar-refractivity contribution is 7.89. The zero-order valence-corrected chi connectivity index (χ0v) is 16.2. The molecule has 1 saturated heterocycles. The van der Waals surface area contributed by atoms with Crippen LogP contribution >= 0.6 is 11.6 Å². The summed E-state index contributed by atoms with van der Waals surface area (Å²) in [5.74, 6) is -0.131. The van der Waals surface area contributed by atoms with Gasteiger partial charge < -0.3 is 15.0 Å². The number of benzene rings is 1. The number of halogens is 1. The van der Waals surface area contributed by atoms with Gasteiger partial charge in [-0.05, 0) is 51.2 Å². The average molecular weight is 390 g/mol. The van der Waals surface area contributed by atoms with Crippen LogP contribution in [0.2, 0.25) is 5.02 Å². The zero-order valence-electron chi connectivity index (χ0n) is 14.7. The number of carbonyl (C=O) groups is 1. The van der Waals surface area contributed by atoms with Crippen LogP contribution in [0, 0.1) is 0 Å². The number of piperidine rings is 1. The molecule has 9 heteroatoms. The summed E-state index contributed by atoms with van der Waals surface area (Å²) in [6.07, 6.45) is 1.72. The number of hydrogen-bond acceptors (Lipinski definition) is 5. The third-order valence-corrected chi connectivity index (χ3v) is 6.32. The summed E-state index contributed by atoms with van der Waals surface area (Å²) in [4.78, 5) is 14.4. The molecule has 0 atom stereocenters. The fraction of sp³-hybridized carbons (Fsp3) is 0.562. The standard InChI is InChI=1S/C16H24ClN3O4S/c1-19-8-6-13(7-9-19)18-16(21)11-20(2)25(22,23)15-10-12(17)4-5-14(15)24-3/h4-5,10,13H,6-9,11H2,1-3H3,(H,18,21). The van der Waals surface area contributed by atoms with Gasteiger partial charge in [-0.3, -0.25) is 4.79 Å². The van der Waals surface area contributed by atoms with E-state index in [1.54, 1.807) is 6.07 Å². The van der Waals surface area contributed by atoms with Crippen LogP contribution in [0.4, 0.5) is 0 Å². The number of ether oxygens (including phenoxy) is 1. The Labute approximate surface area is 153 Å². The van der Waals surface area contributed by atoms with Crippen LogP contribution in [0.3, 0.4) is 0 Å². The first-order valence-electron chi connectivity index (χ1n) is 8.02. The summed E-state index contributed by atoms with van der Waals surface area (Å²) in [6, 6.07) is 4.44. The second kappa shape index (κ2) is 8.35. The topological polar surface area (TPSA) is 79.0 Å². The fourth-order valence-electron chi connectivity index (χ4n) is 2.73. The van der Waals surface area contributed by atoms with E-state index in [0.29, 0.717) is 0 Å². The van der Waals surface area contributed by atoms with Gasteiger partial charge in [-0.2, -0.15) is 4.31 Å². The molecule has 0 radical (unpaired) electrons. The van der Waals surface area contributed by atoms with Crippen molar-refractivity contribution in [2.75, 3.05) is 40.8 Å². The predicted octanol–water partition coefficient (Wildman–Crippen LogP) is 1.18. The number of rotatable bonds is 6. The lowest BCUT2D eigenvalue weighted by atomic mass is 10.1. The Morgan fingerprint density at radius 2 is 2.04 bits per heavy atom. The second-order valence-electron chi connectivity index (χ2n) is 6.20. The van der Waals surface area contributed by atoms with Crippen molar-refractivity contribution in [1.29, 1.82) is 0 Å². The molecule has 0 spiro atoms. The van der Waals surface area contributed by atoms with Crippen molar-refractivity contribution in [3.05, 3.63) is 23.2 Å². The van der Waals surface area contributed by atoms with Gasteiger partial charge in [0, 0.05) is 18.1 Å². The molecule has 1 amide bonds. The lowest BCUT2D eigenvalue weighted by Gasteiger charge is -2.30. The average Bonchev–Trinajstić information content (AvgIpc) is 2.56. The number of nitrogens with zero attached hydrogens (tertiary/aromatic N) is 2. The maximum absolute atomic E-state index is 12.7. The van der Waals surface area contributed by atoms with E-state index in [1.807, 2.05) is 7.05 Å². The first-order valence-corrected chi connectivity index (χ1v) is 9.83. The van der Waals surface area contributed by atoms with Crippen LogP contribution in [-0.4, -0.2) is 70.4 Å². The van der Waals surface area contributed by atoms with E-state index in [1.165, 1.54) is 26.3 Å². The van der Waals surface area contributed by atoms with Crippen molar-refractivity contribution in [3.8, 4) is 5.75 Å². The number of likely N-dealkylation sites (N-methyl/N-ethyl adjacent to an activating group) is 1. The molecule has 1 heterocycles. The highest BCUT2D eigenvalue weighted by atomic mass is 35.5. The van der Waals surface area contributed by atoms with E-state index >= 15 is 0 Å². The minimum Gasteiger partial charge on any atom is -0.495 e. The Kier molecular flexibility index (Phi) is 6.67. The maximum atomic E-state index is 12.7. The summed E-state index contributed by atoms with van der Waals surface area (Å²) in [6.45, 7) is 1.57. The van der Waals surface area contributed by atoms with Crippen molar-refractivity contribution >= 4 is 27.5 Å².